The number of carbonyl (C=O) groups is 1. The SMILES string of the molecule is O=C(C1CS(O)(O)C1)N1CC2(CCc3cc(C4=NOC(c5cc(Cl)c(F)c(Cl)c5)(C(F)(F)F)C4)ccc32)C1. The summed E-state index contributed by atoms with van der Waals surface area (Å²) in [7, 11) is -2.59. The van der Waals surface area contributed by atoms with Crippen LogP contribution in [0.5, 0.6) is 0 Å². The second kappa shape index (κ2) is 8.47. The molecule has 1 unspecified atom stereocenters. The van der Waals surface area contributed by atoms with Gasteiger partial charge in [0.25, 0.3) is 5.60 Å². The minimum absolute atomic E-state index is 0.0612. The second-order valence-corrected chi connectivity index (χ2v) is 13.6. The van der Waals surface area contributed by atoms with Crippen LogP contribution in [0.1, 0.15) is 35.1 Å². The topological polar surface area (TPSA) is 82.4 Å². The molecule has 1 spiro atoms. The molecule has 2 aromatic rings. The Morgan fingerprint density at radius 3 is 2.39 bits per heavy atom. The lowest BCUT2D eigenvalue weighted by Gasteiger charge is -2.53. The third kappa shape index (κ3) is 3.92. The Balaban J connectivity index is 1.21. The van der Waals surface area contributed by atoms with E-state index in [-0.39, 0.29) is 34.5 Å². The van der Waals surface area contributed by atoms with Crippen molar-refractivity contribution < 1.29 is 36.3 Å². The number of hydrogen-bond acceptors (Lipinski definition) is 5. The number of aryl methyl sites for hydroxylation is 1. The lowest BCUT2D eigenvalue weighted by Crippen LogP contribution is -2.63. The lowest BCUT2D eigenvalue weighted by molar-refractivity contribution is -0.275. The highest BCUT2D eigenvalue weighted by Gasteiger charge is 2.62. The van der Waals surface area contributed by atoms with Gasteiger partial charge in [-0.3, -0.25) is 13.9 Å². The number of hydrogen-bond donors (Lipinski definition) is 2. The van der Waals surface area contributed by atoms with E-state index in [0.29, 0.717) is 25.1 Å². The van der Waals surface area contributed by atoms with Crippen LogP contribution >= 0.6 is 33.8 Å². The van der Waals surface area contributed by atoms with Gasteiger partial charge in [-0.2, -0.15) is 23.8 Å². The van der Waals surface area contributed by atoms with Crippen LogP contribution in [0, 0.1) is 11.7 Å². The van der Waals surface area contributed by atoms with Gasteiger partial charge in [0, 0.05) is 30.5 Å². The third-order valence-corrected chi connectivity index (χ3v) is 10.5. The Morgan fingerprint density at radius 2 is 1.79 bits per heavy atom. The second-order valence-electron chi connectivity index (χ2n) is 10.6. The molecule has 0 saturated carbocycles. The van der Waals surface area contributed by atoms with Crippen LogP contribution in [0.3, 0.4) is 0 Å². The van der Waals surface area contributed by atoms with Gasteiger partial charge in [-0.05, 0) is 47.7 Å². The molecule has 2 fully saturated rings. The number of halogens is 6. The van der Waals surface area contributed by atoms with Gasteiger partial charge in [0.15, 0.2) is 5.82 Å². The van der Waals surface area contributed by atoms with E-state index in [4.69, 9.17) is 28.0 Å². The molecule has 2 saturated heterocycles. The van der Waals surface area contributed by atoms with Crippen LogP contribution < -0.4 is 0 Å². The van der Waals surface area contributed by atoms with E-state index >= 15 is 0 Å². The molecule has 4 aliphatic rings. The number of nitrogens with zero attached hydrogens (tertiary/aromatic N) is 2. The molecule has 2 aromatic carbocycles. The number of fused-ring (bicyclic) bond motifs is 2. The van der Waals surface area contributed by atoms with Gasteiger partial charge in [0.1, 0.15) is 0 Å². The van der Waals surface area contributed by atoms with E-state index in [1.165, 1.54) is 0 Å². The molecule has 2 N–H and O–H groups in total. The summed E-state index contributed by atoms with van der Waals surface area (Å²) in [6.45, 7) is 1.06. The summed E-state index contributed by atoms with van der Waals surface area (Å²) in [5, 5.41) is 2.69. The highest BCUT2D eigenvalue weighted by atomic mass is 35.5. The monoisotopic (exact) mass is 592 g/mol. The van der Waals surface area contributed by atoms with Gasteiger partial charge < -0.3 is 9.74 Å². The van der Waals surface area contributed by atoms with Crippen LogP contribution in [0.4, 0.5) is 17.6 Å². The summed E-state index contributed by atoms with van der Waals surface area (Å²) in [6.07, 6.45) is -4.02. The Morgan fingerprint density at radius 1 is 1.13 bits per heavy atom. The molecule has 204 valence electrons. The fourth-order valence-electron chi connectivity index (χ4n) is 6.02. The zero-order valence-electron chi connectivity index (χ0n) is 19.7. The summed E-state index contributed by atoms with van der Waals surface area (Å²) >= 11 is 11.6. The highest BCUT2D eigenvalue weighted by Crippen LogP contribution is 2.54. The van der Waals surface area contributed by atoms with Gasteiger partial charge in [0.05, 0.1) is 33.2 Å². The minimum Gasteiger partial charge on any atom is -0.374 e. The van der Waals surface area contributed by atoms with Gasteiger partial charge in [0.2, 0.25) is 5.91 Å². The Hall–Kier alpha value is -2.05. The number of oxime groups is 1. The number of carbonyl (C=O) groups excluding carboxylic acids is 1. The Labute approximate surface area is 226 Å². The first-order valence-corrected chi connectivity index (χ1v) is 14.5. The highest BCUT2D eigenvalue weighted by molar-refractivity contribution is 8.25. The van der Waals surface area contributed by atoms with Crippen LogP contribution in [0.25, 0.3) is 0 Å². The minimum atomic E-state index is -4.89. The predicted octanol–water partition coefficient (Wildman–Crippen LogP) is 6.12. The Bertz CT molecular complexity index is 1360. The zero-order chi connectivity index (χ0) is 27.3. The van der Waals surface area contributed by atoms with Crippen LogP contribution in [-0.4, -0.2) is 56.4 Å². The largest absolute Gasteiger partial charge is 0.435 e. The number of alkyl halides is 3. The fourth-order valence-corrected chi connectivity index (χ4v) is 7.98. The van der Waals surface area contributed by atoms with Crippen molar-refractivity contribution in [3.63, 3.8) is 0 Å². The molecule has 0 bridgehead atoms. The van der Waals surface area contributed by atoms with E-state index in [0.717, 1.165) is 29.7 Å². The van der Waals surface area contributed by atoms with E-state index in [1.807, 2.05) is 12.1 Å². The van der Waals surface area contributed by atoms with E-state index < -0.39 is 50.2 Å². The number of amides is 1. The molecule has 1 atom stereocenters. The van der Waals surface area contributed by atoms with Crippen LogP contribution in [0.15, 0.2) is 35.5 Å². The summed E-state index contributed by atoms with van der Waals surface area (Å²) in [5.74, 6) is -1.18. The molecule has 3 aliphatic heterocycles. The maximum absolute atomic E-state index is 14.3. The van der Waals surface area contributed by atoms with Crippen molar-refractivity contribution in [2.45, 2.75) is 36.5 Å². The number of likely N-dealkylation sites (tertiary alicyclic amines) is 1. The summed E-state index contributed by atoms with van der Waals surface area (Å²) in [5.41, 5.74) is -0.889. The van der Waals surface area contributed by atoms with E-state index in [9.17, 15) is 31.5 Å². The molecule has 13 heteroatoms. The number of rotatable bonds is 3. The molecule has 3 heterocycles. The van der Waals surface area contributed by atoms with Gasteiger partial charge in [-0.1, -0.05) is 40.5 Å². The van der Waals surface area contributed by atoms with Gasteiger partial charge in [-0.25, -0.2) is 4.39 Å². The molecular weight excluding hydrogens is 571 g/mol. The molecule has 1 amide bonds. The standard InChI is InChI=1S/C25H22Cl2F4N2O4S/c26-18-6-16(7-19(27)21(18)28)24(25(29,30)31)8-20(32-37-24)14-1-2-17-13(5-14)3-4-23(17)11-33(12-23)22(34)15-9-38(35,36)10-15/h1-2,5-7,15,35-36H,3-4,8-12H2. The molecule has 6 rings (SSSR count). The van der Waals surface area contributed by atoms with E-state index in [1.54, 1.807) is 11.0 Å². The average Bonchev–Trinajstić information content (AvgIpc) is 3.42. The lowest BCUT2D eigenvalue weighted by atomic mass is 9.74. The van der Waals surface area contributed by atoms with Crippen molar-refractivity contribution in [3.8, 4) is 0 Å². The number of benzene rings is 2. The predicted molar refractivity (Wildman–Crippen MR) is 135 cm³/mol. The van der Waals surface area contributed by atoms with Crippen molar-refractivity contribution in [1.29, 1.82) is 0 Å². The van der Waals surface area contributed by atoms with Crippen molar-refractivity contribution in [3.05, 3.63) is 68.4 Å². The van der Waals surface area contributed by atoms with Gasteiger partial charge in [-0.15, -0.1) is 0 Å². The fraction of sp³-hybridized carbons (Fsp3) is 0.440. The zero-order valence-corrected chi connectivity index (χ0v) is 22.0. The summed E-state index contributed by atoms with van der Waals surface area (Å²) in [4.78, 5) is 19.4. The van der Waals surface area contributed by atoms with Gasteiger partial charge >= 0.3 is 6.18 Å². The molecular formula is C25H22Cl2F4N2O4S. The van der Waals surface area contributed by atoms with Crippen molar-refractivity contribution in [1.82, 2.24) is 4.90 Å². The molecule has 0 aromatic heterocycles. The maximum Gasteiger partial charge on any atom is 0.435 e. The first-order chi connectivity index (χ1) is 17.7. The third-order valence-electron chi connectivity index (χ3n) is 8.10. The quantitative estimate of drug-likeness (QED) is 0.332. The molecule has 38 heavy (non-hydrogen) atoms. The smallest absolute Gasteiger partial charge is 0.374 e. The first-order valence-electron chi connectivity index (χ1n) is 11.9. The maximum atomic E-state index is 14.3. The molecule has 6 nitrogen and oxygen atoms in total. The van der Waals surface area contributed by atoms with E-state index in [2.05, 4.69) is 5.16 Å². The molecule has 1 aliphatic carbocycles. The van der Waals surface area contributed by atoms with Crippen molar-refractivity contribution >= 4 is 45.4 Å². The summed E-state index contributed by atoms with van der Waals surface area (Å²) < 4.78 is 76.0. The summed E-state index contributed by atoms with van der Waals surface area (Å²) in [6, 6.07) is 7.11. The average molecular weight is 593 g/mol. The normalized spacial score (nSPS) is 26.3. The first kappa shape index (κ1) is 26.2. The van der Waals surface area contributed by atoms with Crippen LogP contribution in [0.2, 0.25) is 10.0 Å². The Kier molecular flexibility index (Phi) is 5.84. The van der Waals surface area contributed by atoms with Crippen molar-refractivity contribution in [2.75, 3.05) is 24.6 Å². The van der Waals surface area contributed by atoms with Crippen LogP contribution in [-0.2, 0) is 27.1 Å². The van der Waals surface area contributed by atoms with Crippen molar-refractivity contribution in [2.24, 2.45) is 11.1 Å². The molecule has 0 radical (unpaired) electrons.